The third kappa shape index (κ3) is 1.86. The molecule has 1 heterocycles. The highest BCUT2D eigenvalue weighted by Gasteiger charge is 2.12. The minimum atomic E-state index is 0.660. The summed E-state index contributed by atoms with van der Waals surface area (Å²) in [6, 6.07) is 14.1. The number of rotatable bonds is 1. The summed E-state index contributed by atoms with van der Waals surface area (Å²) in [7, 11) is 1.99. The lowest BCUT2D eigenvalue weighted by molar-refractivity contribution is 0.957. The molecular formula is C17H15N3. The Kier molecular flexibility index (Phi) is 2.80. The van der Waals surface area contributed by atoms with Crippen LogP contribution < -0.4 is 0 Å². The van der Waals surface area contributed by atoms with Gasteiger partial charge in [-0.25, -0.2) is 4.98 Å². The third-order valence-electron chi connectivity index (χ3n) is 3.63. The smallest absolute Gasteiger partial charge is 0.141 e. The molecule has 0 amide bonds. The number of fused-ring (bicyclic) bond motifs is 1. The highest BCUT2D eigenvalue weighted by atomic mass is 15.1. The van der Waals surface area contributed by atoms with E-state index in [0.717, 1.165) is 22.4 Å². The minimum Gasteiger partial charge on any atom is -0.327 e. The Bertz CT molecular complexity index is 851. The first-order chi connectivity index (χ1) is 9.60. The highest BCUT2D eigenvalue weighted by molar-refractivity contribution is 5.82. The van der Waals surface area contributed by atoms with Crippen molar-refractivity contribution in [1.29, 1.82) is 5.26 Å². The Morgan fingerprint density at radius 3 is 2.60 bits per heavy atom. The molecule has 3 aromatic rings. The summed E-state index contributed by atoms with van der Waals surface area (Å²) in [5.74, 6) is 0.938. The van der Waals surface area contributed by atoms with Crippen LogP contribution in [0.1, 0.15) is 16.7 Å². The number of nitriles is 1. The maximum absolute atomic E-state index is 9.01. The molecule has 0 saturated carbocycles. The molecule has 0 unspecified atom stereocenters. The maximum Gasteiger partial charge on any atom is 0.141 e. The van der Waals surface area contributed by atoms with Gasteiger partial charge in [-0.05, 0) is 37.6 Å². The average molecular weight is 261 g/mol. The van der Waals surface area contributed by atoms with Crippen molar-refractivity contribution >= 4 is 11.0 Å². The second-order valence-electron chi connectivity index (χ2n) is 5.13. The molecule has 0 fully saturated rings. The van der Waals surface area contributed by atoms with Crippen LogP contribution in [0.4, 0.5) is 0 Å². The summed E-state index contributed by atoms with van der Waals surface area (Å²) in [4.78, 5) is 4.70. The van der Waals surface area contributed by atoms with Gasteiger partial charge in [0.25, 0.3) is 0 Å². The minimum absolute atomic E-state index is 0.660. The van der Waals surface area contributed by atoms with Gasteiger partial charge in [0.15, 0.2) is 0 Å². The third-order valence-corrected chi connectivity index (χ3v) is 3.63. The van der Waals surface area contributed by atoms with E-state index in [1.54, 1.807) is 6.07 Å². The monoisotopic (exact) mass is 261 g/mol. The van der Waals surface area contributed by atoms with Gasteiger partial charge in [0, 0.05) is 12.6 Å². The van der Waals surface area contributed by atoms with Crippen molar-refractivity contribution in [3.8, 4) is 17.5 Å². The van der Waals surface area contributed by atoms with Crippen LogP contribution in [-0.2, 0) is 7.05 Å². The predicted molar refractivity (Wildman–Crippen MR) is 80.3 cm³/mol. The summed E-state index contributed by atoms with van der Waals surface area (Å²) in [6.07, 6.45) is 0. The van der Waals surface area contributed by atoms with Crippen molar-refractivity contribution in [1.82, 2.24) is 9.55 Å². The van der Waals surface area contributed by atoms with Crippen molar-refractivity contribution in [3.05, 3.63) is 53.1 Å². The topological polar surface area (TPSA) is 41.6 Å². The molecular weight excluding hydrogens is 246 g/mol. The van der Waals surface area contributed by atoms with Crippen LogP contribution in [-0.4, -0.2) is 9.55 Å². The molecule has 2 aromatic carbocycles. The van der Waals surface area contributed by atoms with E-state index in [1.807, 2.05) is 23.7 Å². The first-order valence-electron chi connectivity index (χ1n) is 6.54. The zero-order valence-electron chi connectivity index (χ0n) is 11.8. The fourth-order valence-electron chi connectivity index (χ4n) is 2.56. The lowest BCUT2D eigenvalue weighted by Gasteiger charge is -2.07. The number of hydrogen-bond donors (Lipinski definition) is 0. The average Bonchev–Trinajstić information content (AvgIpc) is 2.76. The summed E-state index contributed by atoms with van der Waals surface area (Å²) >= 11 is 0. The number of imidazole rings is 1. The summed E-state index contributed by atoms with van der Waals surface area (Å²) in [5.41, 5.74) is 6.15. The van der Waals surface area contributed by atoms with Crippen molar-refractivity contribution in [2.24, 2.45) is 7.05 Å². The molecule has 3 rings (SSSR count). The van der Waals surface area contributed by atoms with E-state index in [4.69, 9.17) is 10.2 Å². The number of nitrogens with zero attached hydrogens (tertiary/aromatic N) is 3. The molecule has 0 aliphatic rings. The molecule has 98 valence electrons. The first-order valence-corrected chi connectivity index (χ1v) is 6.54. The Hall–Kier alpha value is -2.60. The number of aryl methyl sites for hydroxylation is 3. The van der Waals surface area contributed by atoms with Crippen LogP contribution in [0.25, 0.3) is 22.4 Å². The lowest BCUT2D eigenvalue weighted by atomic mass is 10.1. The van der Waals surface area contributed by atoms with Crippen molar-refractivity contribution < 1.29 is 0 Å². The largest absolute Gasteiger partial charge is 0.327 e. The van der Waals surface area contributed by atoms with Gasteiger partial charge in [0.05, 0.1) is 22.7 Å². The highest BCUT2D eigenvalue weighted by Crippen LogP contribution is 2.27. The second-order valence-corrected chi connectivity index (χ2v) is 5.13. The normalized spacial score (nSPS) is 10.7. The zero-order valence-corrected chi connectivity index (χ0v) is 11.8. The number of aromatic nitrogens is 2. The molecule has 0 radical (unpaired) electrons. The number of hydrogen-bond acceptors (Lipinski definition) is 2. The van der Waals surface area contributed by atoms with Gasteiger partial charge in [-0.3, -0.25) is 0 Å². The van der Waals surface area contributed by atoms with Crippen LogP contribution in [0.5, 0.6) is 0 Å². The summed E-state index contributed by atoms with van der Waals surface area (Å²) in [6.45, 7) is 4.19. The Morgan fingerprint density at radius 2 is 1.90 bits per heavy atom. The van der Waals surface area contributed by atoms with E-state index in [0.29, 0.717) is 5.56 Å². The molecule has 0 aliphatic heterocycles. The van der Waals surface area contributed by atoms with Gasteiger partial charge in [-0.2, -0.15) is 5.26 Å². The Morgan fingerprint density at radius 1 is 1.10 bits per heavy atom. The van der Waals surface area contributed by atoms with Crippen LogP contribution in [0.15, 0.2) is 36.4 Å². The lowest BCUT2D eigenvalue weighted by Crippen LogP contribution is -1.95. The maximum atomic E-state index is 9.01. The Labute approximate surface area is 118 Å². The quantitative estimate of drug-likeness (QED) is 0.669. The van der Waals surface area contributed by atoms with Crippen LogP contribution in [0.3, 0.4) is 0 Å². The molecule has 0 atom stereocenters. The van der Waals surface area contributed by atoms with Crippen LogP contribution >= 0.6 is 0 Å². The van der Waals surface area contributed by atoms with Gasteiger partial charge in [-0.15, -0.1) is 0 Å². The molecule has 0 spiro atoms. The molecule has 3 heteroatoms. The van der Waals surface area contributed by atoms with Gasteiger partial charge in [0.1, 0.15) is 5.82 Å². The van der Waals surface area contributed by atoms with Gasteiger partial charge in [-0.1, -0.05) is 23.8 Å². The van der Waals surface area contributed by atoms with Gasteiger partial charge < -0.3 is 4.57 Å². The SMILES string of the molecule is Cc1ccc(-c2nc3ccc(C#N)cc3n2C)c(C)c1. The predicted octanol–water partition coefficient (Wildman–Crippen LogP) is 3.73. The summed E-state index contributed by atoms with van der Waals surface area (Å²) in [5, 5.41) is 9.01. The van der Waals surface area contributed by atoms with E-state index < -0.39 is 0 Å². The molecule has 0 saturated heterocycles. The van der Waals surface area contributed by atoms with Crippen molar-refractivity contribution in [3.63, 3.8) is 0 Å². The molecule has 0 aliphatic carbocycles. The second kappa shape index (κ2) is 4.50. The van der Waals surface area contributed by atoms with E-state index >= 15 is 0 Å². The molecule has 20 heavy (non-hydrogen) atoms. The van der Waals surface area contributed by atoms with Crippen LogP contribution in [0.2, 0.25) is 0 Å². The van der Waals surface area contributed by atoms with Crippen molar-refractivity contribution in [2.75, 3.05) is 0 Å². The fraction of sp³-hybridized carbons (Fsp3) is 0.176. The van der Waals surface area contributed by atoms with Crippen molar-refractivity contribution in [2.45, 2.75) is 13.8 Å². The van der Waals surface area contributed by atoms with E-state index in [9.17, 15) is 0 Å². The fourth-order valence-corrected chi connectivity index (χ4v) is 2.56. The van der Waals surface area contributed by atoms with E-state index in [1.165, 1.54) is 11.1 Å². The zero-order chi connectivity index (χ0) is 14.3. The molecule has 0 bridgehead atoms. The molecule has 3 nitrogen and oxygen atoms in total. The van der Waals surface area contributed by atoms with E-state index in [2.05, 4.69) is 38.1 Å². The first kappa shape index (κ1) is 12.4. The van der Waals surface area contributed by atoms with E-state index in [-0.39, 0.29) is 0 Å². The Balaban J connectivity index is 2.27. The summed E-state index contributed by atoms with van der Waals surface area (Å²) < 4.78 is 2.05. The standard InChI is InChI=1S/C17H15N3/c1-11-4-6-14(12(2)8-11)17-19-15-7-5-13(10-18)9-16(15)20(17)3/h4-9H,1-3H3. The number of benzene rings is 2. The molecule has 1 aromatic heterocycles. The van der Waals surface area contributed by atoms with Gasteiger partial charge >= 0.3 is 0 Å². The van der Waals surface area contributed by atoms with Crippen LogP contribution in [0, 0.1) is 25.2 Å². The van der Waals surface area contributed by atoms with Gasteiger partial charge in [0.2, 0.25) is 0 Å². The molecule has 0 N–H and O–H groups in total.